The highest BCUT2D eigenvalue weighted by atomic mass is 19.1. The van der Waals surface area contributed by atoms with Crippen LogP contribution in [-0.4, -0.2) is 40.8 Å². The van der Waals surface area contributed by atoms with Crippen LogP contribution in [0.1, 0.15) is 46.4 Å². The van der Waals surface area contributed by atoms with Crippen molar-refractivity contribution in [2.45, 2.75) is 37.8 Å². The van der Waals surface area contributed by atoms with E-state index in [9.17, 15) is 19.1 Å². The van der Waals surface area contributed by atoms with E-state index in [1.165, 1.54) is 12.1 Å². The van der Waals surface area contributed by atoms with Crippen LogP contribution in [0.3, 0.4) is 0 Å². The first-order valence-corrected chi connectivity index (χ1v) is 11.6. The maximum Gasteiger partial charge on any atom is 0.257 e. The third kappa shape index (κ3) is 5.32. The molecule has 1 fully saturated rings. The molecule has 186 valence electrons. The van der Waals surface area contributed by atoms with Gasteiger partial charge in [0.2, 0.25) is 12.7 Å². The maximum atomic E-state index is 14.0. The molecule has 3 aromatic rings. The summed E-state index contributed by atoms with van der Waals surface area (Å²) in [5.74, 6) is 0.0590. The number of benzene rings is 2. The van der Waals surface area contributed by atoms with Crippen molar-refractivity contribution in [3.05, 3.63) is 71.7 Å². The van der Waals surface area contributed by atoms with Gasteiger partial charge in [-0.1, -0.05) is 6.07 Å². The number of phenols is 1. The molecule has 1 aliphatic carbocycles. The van der Waals surface area contributed by atoms with Gasteiger partial charge in [0, 0.05) is 23.7 Å². The Morgan fingerprint density at radius 1 is 0.944 bits per heavy atom. The maximum absolute atomic E-state index is 14.0. The summed E-state index contributed by atoms with van der Waals surface area (Å²) in [5.41, 5.74) is 0.367. The standard InChI is InChI=1S/C26H24FN3O6/c27-16-11-21(26(28-13-16)36-20-8-9-22-23(12-20)35-14-34-22)25(33)30-18-6-4-17(5-7-18)29-24(32)15-2-1-3-19(31)10-15/h1-3,8-13,17-18,31H,4-7,14H2,(H,29,32)(H,30,33). The van der Waals surface area contributed by atoms with Crippen LogP contribution in [0.15, 0.2) is 54.7 Å². The highest BCUT2D eigenvalue weighted by Crippen LogP contribution is 2.37. The van der Waals surface area contributed by atoms with Gasteiger partial charge in [0.1, 0.15) is 22.9 Å². The van der Waals surface area contributed by atoms with Gasteiger partial charge in [-0.25, -0.2) is 9.37 Å². The van der Waals surface area contributed by atoms with Crippen LogP contribution < -0.4 is 24.8 Å². The number of hydrogen-bond donors (Lipinski definition) is 3. The first kappa shape index (κ1) is 23.4. The summed E-state index contributed by atoms with van der Waals surface area (Å²) in [6.45, 7) is 0.114. The summed E-state index contributed by atoms with van der Waals surface area (Å²) in [5, 5.41) is 15.5. The van der Waals surface area contributed by atoms with Crippen LogP contribution in [0.5, 0.6) is 28.9 Å². The number of fused-ring (bicyclic) bond motifs is 1. The SMILES string of the molecule is O=C(NC1CCC(NC(=O)c2cc(F)cnc2Oc2ccc3c(c2)OCO3)CC1)c1cccc(O)c1. The van der Waals surface area contributed by atoms with E-state index in [0.717, 1.165) is 12.3 Å². The number of pyridine rings is 1. The van der Waals surface area contributed by atoms with E-state index in [0.29, 0.717) is 48.5 Å². The highest BCUT2D eigenvalue weighted by molar-refractivity contribution is 5.96. The minimum absolute atomic E-state index is 0.0213. The molecular weight excluding hydrogens is 469 g/mol. The Bertz CT molecular complexity index is 1290. The molecule has 9 nitrogen and oxygen atoms in total. The van der Waals surface area contributed by atoms with Crippen molar-refractivity contribution in [3.8, 4) is 28.9 Å². The van der Waals surface area contributed by atoms with Gasteiger partial charge in [-0.15, -0.1) is 0 Å². The number of aromatic nitrogens is 1. The van der Waals surface area contributed by atoms with Crippen LogP contribution in [0, 0.1) is 5.82 Å². The van der Waals surface area contributed by atoms with Crippen molar-refractivity contribution >= 4 is 11.8 Å². The second kappa shape index (κ2) is 10.1. The fourth-order valence-corrected chi connectivity index (χ4v) is 4.28. The number of rotatable bonds is 6. The minimum atomic E-state index is -0.656. The van der Waals surface area contributed by atoms with E-state index in [1.807, 2.05) is 0 Å². The van der Waals surface area contributed by atoms with Gasteiger partial charge >= 0.3 is 0 Å². The highest BCUT2D eigenvalue weighted by Gasteiger charge is 2.26. The minimum Gasteiger partial charge on any atom is -0.508 e. The Hall–Kier alpha value is -4.34. The van der Waals surface area contributed by atoms with Gasteiger partial charge in [0.05, 0.1) is 6.20 Å². The molecule has 10 heteroatoms. The van der Waals surface area contributed by atoms with Crippen molar-refractivity contribution in [2.24, 2.45) is 0 Å². The zero-order valence-electron chi connectivity index (χ0n) is 19.2. The summed E-state index contributed by atoms with van der Waals surface area (Å²) in [7, 11) is 0. The smallest absolute Gasteiger partial charge is 0.257 e. The number of aromatic hydroxyl groups is 1. The number of ether oxygens (including phenoxy) is 3. The van der Waals surface area contributed by atoms with E-state index in [1.54, 1.807) is 30.3 Å². The molecular formula is C26H24FN3O6. The van der Waals surface area contributed by atoms with E-state index >= 15 is 0 Å². The van der Waals surface area contributed by atoms with Crippen LogP contribution in [0.25, 0.3) is 0 Å². The fraction of sp³-hybridized carbons (Fsp3) is 0.269. The van der Waals surface area contributed by atoms with E-state index in [2.05, 4.69) is 15.6 Å². The average Bonchev–Trinajstić information content (AvgIpc) is 3.34. The molecule has 0 bridgehead atoms. The summed E-state index contributed by atoms with van der Waals surface area (Å²) in [6.07, 6.45) is 3.59. The normalized spacial score (nSPS) is 18.4. The lowest BCUT2D eigenvalue weighted by molar-refractivity contribution is 0.0890. The zero-order valence-corrected chi connectivity index (χ0v) is 19.2. The third-order valence-electron chi connectivity index (χ3n) is 6.13. The lowest BCUT2D eigenvalue weighted by Crippen LogP contribution is -2.43. The predicted molar refractivity (Wildman–Crippen MR) is 126 cm³/mol. The number of nitrogens with one attached hydrogen (secondary N) is 2. The van der Waals surface area contributed by atoms with Gasteiger partial charge in [-0.3, -0.25) is 9.59 Å². The molecule has 0 radical (unpaired) electrons. The molecule has 3 N–H and O–H groups in total. The number of phenolic OH excluding ortho intramolecular Hbond substituents is 1. The molecule has 2 aliphatic rings. The Kier molecular flexibility index (Phi) is 6.57. The lowest BCUT2D eigenvalue weighted by atomic mass is 9.90. The average molecular weight is 493 g/mol. The van der Waals surface area contributed by atoms with Gasteiger partial charge in [0.15, 0.2) is 11.5 Å². The van der Waals surface area contributed by atoms with Crippen LogP contribution >= 0.6 is 0 Å². The van der Waals surface area contributed by atoms with Gasteiger partial charge in [0.25, 0.3) is 11.8 Å². The van der Waals surface area contributed by atoms with Crippen LogP contribution in [0.2, 0.25) is 0 Å². The number of carbonyl (C=O) groups is 2. The van der Waals surface area contributed by atoms with Crippen LogP contribution in [0.4, 0.5) is 4.39 Å². The number of carbonyl (C=O) groups excluding carboxylic acids is 2. The Morgan fingerprint density at radius 3 is 2.42 bits per heavy atom. The zero-order chi connectivity index (χ0) is 25.1. The molecule has 5 rings (SSSR count). The second-order valence-electron chi connectivity index (χ2n) is 8.67. The number of nitrogens with zero attached hydrogens (tertiary/aromatic N) is 1. The summed E-state index contributed by atoms with van der Waals surface area (Å²) in [4.78, 5) is 29.4. The van der Waals surface area contributed by atoms with Crippen molar-refractivity contribution in [1.82, 2.24) is 15.6 Å². The van der Waals surface area contributed by atoms with Crippen molar-refractivity contribution in [3.63, 3.8) is 0 Å². The van der Waals surface area contributed by atoms with Gasteiger partial charge in [-0.05, 0) is 62.1 Å². The van der Waals surface area contributed by atoms with Gasteiger partial charge < -0.3 is 30.0 Å². The largest absolute Gasteiger partial charge is 0.508 e. The van der Waals surface area contributed by atoms with Gasteiger partial charge in [-0.2, -0.15) is 0 Å². The first-order valence-electron chi connectivity index (χ1n) is 11.6. The molecule has 0 unspecified atom stereocenters. The second-order valence-corrected chi connectivity index (χ2v) is 8.67. The Balaban J connectivity index is 1.19. The first-order chi connectivity index (χ1) is 17.4. The molecule has 1 aliphatic heterocycles. The molecule has 0 saturated heterocycles. The molecule has 0 atom stereocenters. The monoisotopic (exact) mass is 493 g/mol. The summed E-state index contributed by atoms with van der Waals surface area (Å²) in [6, 6.07) is 12.0. The van der Waals surface area contributed by atoms with Crippen molar-refractivity contribution in [1.29, 1.82) is 0 Å². The van der Waals surface area contributed by atoms with E-state index < -0.39 is 11.7 Å². The summed E-state index contributed by atoms with van der Waals surface area (Å²) >= 11 is 0. The molecule has 2 aromatic carbocycles. The molecule has 0 spiro atoms. The fourth-order valence-electron chi connectivity index (χ4n) is 4.28. The summed E-state index contributed by atoms with van der Waals surface area (Å²) < 4.78 is 30.3. The molecule has 1 saturated carbocycles. The Labute approximate surface area is 206 Å². The van der Waals surface area contributed by atoms with Crippen molar-refractivity contribution in [2.75, 3.05) is 6.79 Å². The van der Waals surface area contributed by atoms with Crippen LogP contribution in [-0.2, 0) is 0 Å². The molecule has 2 heterocycles. The number of hydrogen-bond acceptors (Lipinski definition) is 7. The molecule has 2 amide bonds. The topological polar surface area (TPSA) is 119 Å². The number of halogens is 1. The molecule has 36 heavy (non-hydrogen) atoms. The van der Waals surface area contributed by atoms with Crippen molar-refractivity contribution < 1.29 is 33.3 Å². The number of amides is 2. The Morgan fingerprint density at radius 2 is 1.67 bits per heavy atom. The predicted octanol–water partition coefficient (Wildman–Crippen LogP) is 3.92. The van der Waals surface area contributed by atoms with E-state index in [-0.39, 0.29) is 42.0 Å². The van der Waals surface area contributed by atoms with E-state index in [4.69, 9.17) is 14.2 Å². The quantitative estimate of drug-likeness (QED) is 0.476. The lowest BCUT2D eigenvalue weighted by Gasteiger charge is -2.29. The third-order valence-corrected chi connectivity index (χ3v) is 6.13. The molecule has 1 aromatic heterocycles.